The van der Waals surface area contributed by atoms with Gasteiger partial charge < -0.3 is 9.47 Å². The van der Waals surface area contributed by atoms with Crippen molar-refractivity contribution < 1.29 is 14.3 Å². The van der Waals surface area contributed by atoms with Gasteiger partial charge in [-0.3, -0.25) is 4.79 Å². The number of hydrogen-bond donors (Lipinski definition) is 0. The van der Waals surface area contributed by atoms with Crippen LogP contribution in [0.4, 0.5) is 0 Å². The number of carbonyl (C=O) groups is 1. The van der Waals surface area contributed by atoms with Crippen molar-refractivity contribution in [2.45, 2.75) is 33.3 Å². The van der Waals surface area contributed by atoms with E-state index in [1.165, 1.54) is 0 Å². The highest BCUT2D eigenvalue weighted by atomic mass is 16.5. The van der Waals surface area contributed by atoms with E-state index >= 15 is 0 Å². The summed E-state index contributed by atoms with van der Waals surface area (Å²) in [5, 5.41) is 0. The summed E-state index contributed by atoms with van der Waals surface area (Å²) in [5.74, 6) is 1.06. The van der Waals surface area contributed by atoms with Crippen LogP contribution in [-0.2, 0) is 11.4 Å². The molecule has 0 aliphatic heterocycles. The van der Waals surface area contributed by atoms with Gasteiger partial charge >= 0.3 is 5.97 Å². The number of benzene rings is 2. The summed E-state index contributed by atoms with van der Waals surface area (Å²) >= 11 is 0. The van der Waals surface area contributed by atoms with Gasteiger partial charge in [-0.1, -0.05) is 50.6 Å². The van der Waals surface area contributed by atoms with Gasteiger partial charge in [0.2, 0.25) is 0 Å². The van der Waals surface area contributed by atoms with Crippen LogP contribution in [0.3, 0.4) is 0 Å². The molecule has 1 atom stereocenters. The zero-order valence-electron chi connectivity index (χ0n) is 13.1. The monoisotopic (exact) mass is 298 g/mol. The Morgan fingerprint density at radius 1 is 1.00 bits per heavy atom. The standard InChI is InChI=1S/C19H22O3/c1-3-7-15(2)19(20)22-18-12-10-17(11-13-18)21-14-16-8-5-4-6-9-16/h4-6,8-13,15H,3,7,14H2,1-2H3. The van der Waals surface area contributed by atoms with E-state index in [4.69, 9.17) is 9.47 Å². The molecule has 0 heterocycles. The van der Waals surface area contributed by atoms with Crippen LogP contribution in [0.25, 0.3) is 0 Å². The number of esters is 1. The van der Waals surface area contributed by atoms with Crippen molar-refractivity contribution in [1.29, 1.82) is 0 Å². The fourth-order valence-corrected chi connectivity index (χ4v) is 2.11. The molecule has 0 fully saturated rings. The van der Waals surface area contributed by atoms with E-state index in [9.17, 15) is 4.79 Å². The lowest BCUT2D eigenvalue weighted by Gasteiger charge is -2.11. The van der Waals surface area contributed by atoms with Gasteiger partial charge in [0.05, 0.1) is 5.92 Å². The van der Waals surface area contributed by atoms with Crippen molar-refractivity contribution in [1.82, 2.24) is 0 Å². The van der Waals surface area contributed by atoms with Crippen LogP contribution in [0.2, 0.25) is 0 Å². The molecule has 0 bridgehead atoms. The van der Waals surface area contributed by atoms with Crippen molar-refractivity contribution in [2.24, 2.45) is 5.92 Å². The van der Waals surface area contributed by atoms with Crippen LogP contribution in [0.1, 0.15) is 32.3 Å². The second kappa shape index (κ2) is 8.23. The van der Waals surface area contributed by atoms with E-state index in [0.717, 1.165) is 24.2 Å². The maximum atomic E-state index is 11.8. The Hall–Kier alpha value is -2.29. The van der Waals surface area contributed by atoms with E-state index in [1.54, 1.807) is 12.1 Å². The Morgan fingerprint density at radius 2 is 1.64 bits per heavy atom. The quantitative estimate of drug-likeness (QED) is 0.553. The minimum Gasteiger partial charge on any atom is -0.489 e. The van der Waals surface area contributed by atoms with Gasteiger partial charge in [-0.2, -0.15) is 0 Å². The Kier molecular flexibility index (Phi) is 6.01. The predicted molar refractivity (Wildman–Crippen MR) is 86.9 cm³/mol. The second-order valence-electron chi connectivity index (χ2n) is 5.36. The van der Waals surface area contributed by atoms with Gasteiger partial charge in [0.1, 0.15) is 18.1 Å². The summed E-state index contributed by atoms with van der Waals surface area (Å²) in [5.41, 5.74) is 1.12. The van der Waals surface area contributed by atoms with Crippen LogP contribution >= 0.6 is 0 Å². The summed E-state index contributed by atoms with van der Waals surface area (Å²) in [6.07, 6.45) is 1.82. The lowest BCUT2D eigenvalue weighted by molar-refractivity contribution is -0.138. The molecule has 0 saturated carbocycles. The second-order valence-corrected chi connectivity index (χ2v) is 5.36. The van der Waals surface area contributed by atoms with Gasteiger partial charge in [-0.15, -0.1) is 0 Å². The first kappa shape index (κ1) is 16.1. The highest BCUT2D eigenvalue weighted by molar-refractivity contribution is 5.74. The molecule has 0 spiro atoms. The highest BCUT2D eigenvalue weighted by Crippen LogP contribution is 2.20. The largest absolute Gasteiger partial charge is 0.489 e. The van der Waals surface area contributed by atoms with E-state index in [0.29, 0.717) is 12.4 Å². The van der Waals surface area contributed by atoms with Crippen LogP contribution in [0, 0.1) is 5.92 Å². The molecular weight excluding hydrogens is 276 g/mol. The number of hydrogen-bond acceptors (Lipinski definition) is 3. The molecule has 1 unspecified atom stereocenters. The molecule has 3 nitrogen and oxygen atoms in total. The lowest BCUT2D eigenvalue weighted by Crippen LogP contribution is -2.17. The summed E-state index contributed by atoms with van der Waals surface area (Å²) < 4.78 is 11.0. The molecule has 0 N–H and O–H groups in total. The summed E-state index contributed by atoms with van der Waals surface area (Å²) in [7, 11) is 0. The molecular formula is C19H22O3. The van der Waals surface area contributed by atoms with Crippen molar-refractivity contribution >= 4 is 5.97 Å². The summed E-state index contributed by atoms with van der Waals surface area (Å²) in [4.78, 5) is 11.8. The molecule has 0 saturated heterocycles. The summed E-state index contributed by atoms with van der Waals surface area (Å²) in [6, 6.07) is 17.1. The van der Waals surface area contributed by atoms with Gasteiger partial charge in [0.15, 0.2) is 0 Å². The number of ether oxygens (including phenoxy) is 2. The molecule has 0 aliphatic rings. The minimum absolute atomic E-state index is 0.0704. The molecule has 2 aromatic carbocycles. The molecule has 116 valence electrons. The topological polar surface area (TPSA) is 35.5 Å². The molecule has 3 heteroatoms. The van der Waals surface area contributed by atoms with Crippen molar-refractivity contribution in [3.05, 3.63) is 60.2 Å². The van der Waals surface area contributed by atoms with Gasteiger partial charge in [0, 0.05) is 0 Å². The summed E-state index contributed by atoms with van der Waals surface area (Å²) in [6.45, 7) is 4.47. The van der Waals surface area contributed by atoms with Crippen LogP contribution in [0.5, 0.6) is 11.5 Å². The molecule has 0 aliphatic carbocycles. The number of rotatable bonds is 7. The van der Waals surface area contributed by atoms with E-state index in [1.807, 2.05) is 49.4 Å². The Morgan fingerprint density at radius 3 is 2.27 bits per heavy atom. The normalized spacial score (nSPS) is 11.7. The van der Waals surface area contributed by atoms with Crippen LogP contribution in [0.15, 0.2) is 54.6 Å². The van der Waals surface area contributed by atoms with Crippen molar-refractivity contribution in [2.75, 3.05) is 0 Å². The third-order valence-corrected chi connectivity index (χ3v) is 3.41. The van der Waals surface area contributed by atoms with Crippen molar-refractivity contribution in [3.8, 4) is 11.5 Å². The van der Waals surface area contributed by atoms with E-state index in [2.05, 4.69) is 6.92 Å². The molecule has 2 rings (SSSR count). The maximum Gasteiger partial charge on any atom is 0.314 e. The first-order valence-corrected chi connectivity index (χ1v) is 7.67. The Balaban J connectivity index is 1.86. The van der Waals surface area contributed by atoms with Crippen LogP contribution < -0.4 is 9.47 Å². The van der Waals surface area contributed by atoms with Crippen molar-refractivity contribution in [3.63, 3.8) is 0 Å². The number of carbonyl (C=O) groups excluding carboxylic acids is 1. The van der Waals surface area contributed by atoms with Gasteiger partial charge in [-0.05, 0) is 36.2 Å². The molecule has 22 heavy (non-hydrogen) atoms. The molecule has 0 radical (unpaired) electrons. The van der Waals surface area contributed by atoms with Gasteiger partial charge in [-0.25, -0.2) is 0 Å². The van der Waals surface area contributed by atoms with Gasteiger partial charge in [0.25, 0.3) is 0 Å². The third kappa shape index (κ3) is 4.92. The molecule has 0 aromatic heterocycles. The third-order valence-electron chi connectivity index (χ3n) is 3.41. The SMILES string of the molecule is CCCC(C)C(=O)Oc1ccc(OCc2ccccc2)cc1. The first-order chi connectivity index (χ1) is 10.7. The zero-order chi connectivity index (χ0) is 15.8. The zero-order valence-corrected chi connectivity index (χ0v) is 13.1. The average molecular weight is 298 g/mol. The minimum atomic E-state index is -0.181. The first-order valence-electron chi connectivity index (χ1n) is 7.67. The molecule has 2 aromatic rings. The lowest BCUT2D eigenvalue weighted by atomic mass is 10.1. The fourth-order valence-electron chi connectivity index (χ4n) is 2.11. The van der Waals surface area contributed by atoms with E-state index < -0.39 is 0 Å². The van der Waals surface area contributed by atoms with E-state index in [-0.39, 0.29) is 11.9 Å². The predicted octanol–water partition coefficient (Wildman–Crippen LogP) is 4.61. The van der Waals surface area contributed by atoms with Crippen LogP contribution in [-0.4, -0.2) is 5.97 Å². The fraction of sp³-hybridized carbons (Fsp3) is 0.316. The smallest absolute Gasteiger partial charge is 0.314 e. The Labute approximate surface area is 131 Å². The maximum absolute atomic E-state index is 11.8. The molecule has 0 amide bonds. The highest BCUT2D eigenvalue weighted by Gasteiger charge is 2.14. The Bertz CT molecular complexity index is 575. The average Bonchev–Trinajstić information content (AvgIpc) is 2.55.